The quantitative estimate of drug-likeness (QED) is 0.387. The van der Waals surface area contributed by atoms with Gasteiger partial charge in [-0.05, 0) is 74.2 Å². The van der Waals surface area contributed by atoms with Crippen LogP contribution in [0.3, 0.4) is 0 Å². The Morgan fingerprint density at radius 3 is 2.46 bits per heavy atom. The van der Waals surface area contributed by atoms with Crippen LogP contribution in [0.1, 0.15) is 73.0 Å². The summed E-state index contributed by atoms with van der Waals surface area (Å²) in [6, 6.07) is 20.8. The van der Waals surface area contributed by atoms with Crippen molar-refractivity contribution in [1.82, 2.24) is 15.6 Å². The highest BCUT2D eigenvalue weighted by atomic mass is 16.5. The van der Waals surface area contributed by atoms with Gasteiger partial charge < -0.3 is 15.4 Å². The second-order valence-corrected chi connectivity index (χ2v) is 10.9. The highest BCUT2D eigenvalue weighted by Gasteiger charge is 2.41. The number of carbonyl (C=O) groups excluding carboxylic acids is 2. The van der Waals surface area contributed by atoms with Crippen LogP contribution in [0.2, 0.25) is 0 Å². The number of methoxy groups -OCH3 is 1. The van der Waals surface area contributed by atoms with Gasteiger partial charge in [0.1, 0.15) is 11.3 Å². The summed E-state index contributed by atoms with van der Waals surface area (Å²) in [5.41, 5.74) is 2.07. The number of aromatic nitrogens is 1. The number of nitrogens with one attached hydrogen (secondary N) is 2. The van der Waals surface area contributed by atoms with Crippen LogP contribution in [-0.2, 0) is 10.2 Å². The van der Waals surface area contributed by atoms with Crippen LogP contribution in [0.15, 0.2) is 77.9 Å². The van der Waals surface area contributed by atoms with E-state index in [1.54, 1.807) is 31.4 Å². The summed E-state index contributed by atoms with van der Waals surface area (Å²) in [4.78, 5) is 36.7. The maximum absolute atomic E-state index is 14.0. The number of rotatable bonds is 9. The Hall–Kier alpha value is -4.00. The minimum absolute atomic E-state index is 0.0902. The molecule has 2 amide bonds. The Bertz CT molecular complexity index is 1330. The second kappa shape index (κ2) is 11.4. The molecule has 2 aliphatic rings. The number of para-hydroxylation sites is 1. The van der Waals surface area contributed by atoms with E-state index in [2.05, 4.69) is 26.7 Å². The first-order chi connectivity index (χ1) is 18.9. The van der Waals surface area contributed by atoms with Crippen LogP contribution in [0, 0.1) is 0 Å². The van der Waals surface area contributed by atoms with Crippen LogP contribution in [0.5, 0.6) is 5.75 Å². The number of benzene rings is 2. The Morgan fingerprint density at radius 1 is 1.00 bits per heavy atom. The number of amides is 2. The first-order valence-electron chi connectivity index (χ1n) is 13.7. The molecule has 2 atom stereocenters. The maximum atomic E-state index is 14.0. The fraction of sp³-hybridized carbons (Fsp3) is 0.375. The summed E-state index contributed by atoms with van der Waals surface area (Å²) in [5, 5.41) is 6.32. The van der Waals surface area contributed by atoms with E-state index in [9.17, 15) is 9.59 Å². The predicted octanol–water partition coefficient (Wildman–Crippen LogP) is 5.49. The third-order valence-corrected chi connectivity index (χ3v) is 8.21. The average molecular weight is 525 g/mol. The van der Waals surface area contributed by atoms with Crippen molar-refractivity contribution in [2.75, 3.05) is 13.7 Å². The molecule has 1 saturated carbocycles. The first-order valence-corrected chi connectivity index (χ1v) is 13.7. The summed E-state index contributed by atoms with van der Waals surface area (Å²) in [6.45, 7) is 2.29. The number of fused-ring (bicyclic) bond motifs is 1. The van der Waals surface area contributed by atoms with Crippen molar-refractivity contribution in [2.45, 2.75) is 62.3 Å². The molecule has 5 rings (SSSR count). The van der Waals surface area contributed by atoms with Gasteiger partial charge in [0.05, 0.1) is 12.8 Å². The normalized spacial score (nSPS) is 19.0. The molecule has 1 fully saturated rings. The van der Waals surface area contributed by atoms with E-state index in [0.717, 1.165) is 42.6 Å². The van der Waals surface area contributed by atoms with Crippen molar-refractivity contribution in [1.29, 1.82) is 0 Å². The van der Waals surface area contributed by atoms with Gasteiger partial charge in [-0.1, -0.05) is 43.5 Å². The lowest BCUT2D eigenvalue weighted by Gasteiger charge is -2.39. The van der Waals surface area contributed by atoms with Crippen LogP contribution in [-0.4, -0.2) is 42.2 Å². The summed E-state index contributed by atoms with van der Waals surface area (Å²) < 4.78 is 5.23. The standard InChI is InChI=1S/C32H36N4O3/c1-31(20-24-21-34-27-11-5-4-10-26(24)27,36-29(37)23-13-15-25(39-2)16-14-23)30(38)35-22-32(17-7-3-8-18-32)28-12-6-9-19-33-28/h4-6,9-16,19,21,24H,3,7-8,17-18,20,22H2,1-2H3,(H,35,38)(H,36,37). The number of aliphatic imine (C=N–C) groups is 1. The molecule has 3 aromatic rings. The van der Waals surface area contributed by atoms with E-state index in [0.29, 0.717) is 24.3 Å². The fourth-order valence-electron chi connectivity index (χ4n) is 5.91. The van der Waals surface area contributed by atoms with Crippen molar-refractivity contribution in [3.05, 3.63) is 89.7 Å². The summed E-state index contributed by atoms with van der Waals surface area (Å²) in [7, 11) is 1.58. The Morgan fingerprint density at radius 2 is 1.74 bits per heavy atom. The topological polar surface area (TPSA) is 92.7 Å². The summed E-state index contributed by atoms with van der Waals surface area (Å²) >= 11 is 0. The number of pyridine rings is 1. The fourth-order valence-corrected chi connectivity index (χ4v) is 5.91. The van der Waals surface area contributed by atoms with Crippen molar-refractivity contribution in [3.63, 3.8) is 0 Å². The third-order valence-electron chi connectivity index (χ3n) is 8.21. The highest BCUT2D eigenvalue weighted by Crippen LogP contribution is 2.39. The highest BCUT2D eigenvalue weighted by molar-refractivity contribution is 5.99. The molecule has 39 heavy (non-hydrogen) atoms. The zero-order valence-corrected chi connectivity index (χ0v) is 22.7. The van der Waals surface area contributed by atoms with E-state index in [1.165, 1.54) is 6.42 Å². The maximum Gasteiger partial charge on any atom is 0.252 e. The number of ether oxygens (including phenoxy) is 1. The molecular weight excluding hydrogens is 488 g/mol. The van der Waals surface area contributed by atoms with Gasteiger partial charge in [-0.3, -0.25) is 19.6 Å². The largest absolute Gasteiger partial charge is 0.497 e. The van der Waals surface area contributed by atoms with Gasteiger partial charge in [-0.2, -0.15) is 0 Å². The van der Waals surface area contributed by atoms with E-state index >= 15 is 0 Å². The molecule has 0 saturated heterocycles. The molecule has 2 unspecified atom stereocenters. The van der Waals surface area contributed by atoms with Crippen molar-refractivity contribution >= 4 is 23.7 Å². The Labute approximate surface area is 230 Å². The molecule has 1 aliphatic heterocycles. The third kappa shape index (κ3) is 5.72. The smallest absolute Gasteiger partial charge is 0.252 e. The summed E-state index contributed by atoms with van der Waals surface area (Å²) in [6.07, 6.45) is 9.44. The van der Waals surface area contributed by atoms with Crippen LogP contribution >= 0.6 is 0 Å². The molecule has 0 radical (unpaired) electrons. The lowest BCUT2D eigenvalue weighted by Crippen LogP contribution is -2.59. The van der Waals surface area contributed by atoms with Gasteiger partial charge in [0, 0.05) is 41.5 Å². The van der Waals surface area contributed by atoms with Crippen molar-refractivity contribution in [2.24, 2.45) is 4.99 Å². The van der Waals surface area contributed by atoms with Crippen molar-refractivity contribution < 1.29 is 14.3 Å². The van der Waals surface area contributed by atoms with Crippen molar-refractivity contribution in [3.8, 4) is 5.75 Å². The molecule has 7 nitrogen and oxygen atoms in total. The number of carbonyl (C=O) groups is 2. The number of hydrogen-bond donors (Lipinski definition) is 2. The van der Waals surface area contributed by atoms with Gasteiger partial charge >= 0.3 is 0 Å². The predicted molar refractivity (Wildman–Crippen MR) is 153 cm³/mol. The second-order valence-electron chi connectivity index (χ2n) is 10.9. The van der Waals surface area contributed by atoms with Crippen LogP contribution in [0.25, 0.3) is 0 Å². The lowest BCUT2D eigenvalue weighted by atomic mass is 9.71. The van der Waals surface area contributed by atoms with Gasteiger partial charge in [-0.25, -0.2) is 0 Å². The Balaban J connectivity index is 1.39. The molecule has 7 heteroatoms. The zero-order chi connectivity index (χ0) is 27.3. The molecule has 0 spiro atoms. The van der Waals surface area contributed by atoms with Gasteiger partial charge in [0.25, 0.3) is 5.91 Å². The average Bonchev–Trinajstić information content (AvgIpc) is 3.39. The molecular formula is C32H36N4O3. The molecule has 2 N–H and O–H groups in total. The monoisotopic (exact) mass is 524 g/mol. The number of nitrogens with zero attached hydrogens (tertiary/aromatic N) is 2. The molecule has 1 aromatic heterocycles. The minimum atomic E-state index is -1.18. The molecule has 2 aromatic carbocycles. The first kappa shape index (κ1) is 26.6. The van der Waals surface area contributed by atoms with E-state index in [1.807, 2.05) is 55.7 Å². The minimum Gasteiger partial charge on any atom is -0.497 e. The lowest BCUT2D eigenvalue weighted by molar-refractivity contribution is -0.127. The zero-order valence-electron chi connectivity index (χ0n) is 22.7. The van der Waals surface area contributed by atoms with Crippen LogP contribution < -0.4 is 15.4 Å². The molecule has 0 bridgehead atoms. The SMILES string of the molecule is COc1ccc(C(=O)NC(C)(CC2C=Nc3ccccc32)C(=O)NCC2(c3ccccn3)CCCCC2)cc1. The van der Waals surface area contributed by atoms with E-state index in [4.69, 9.17) is 4.74 Å². The summed E-state index contributed by atoms with van der Waals surface area (Å²) in [5.74, 6) is 0.0596. The van der Waals surface area contributed by atoms with Gasteiger partial charge in [0.15, 0.2) is 0 Å². The van der Waals surface area contributed by atoms with E-state index < -0.39 is 5.54 Å². The van der Waals surface area contributed by atoms with Crippen LogP contribution in [0.4, 0.5) is 5.69 Å². The van der Waals surface area contributed by atoms with E-state index in [-0.39, 0.29) is 23.1 Å². The van der Waals surface area contributed by atoms with Gasteiger partial charge in [-0.15, -0.1) is 0 Å². The Kier molecular flexibility index (Phi) is 7.77. The molecule has 2 heterocycles. The van der Waals surface area contributed by atoms with Gasteiger partial charge in [0.2, 0.25) is 5.91 Å². The molecule has 202 valence electrons. The number of hydrogen-bond acceptors (Lipinski definition) is 5. The molecule has 1 aliphatic carbocycles.